The lowest BCUT2D eigenvalue weighted by Crippen LogP contribution is -2.53. The number of carbonyl (C=O) groups excluding carboxylic acids is 2. The fourth-order valence-electron chi connectivity index (χ4n) is 4.34. The van der Waals surface area contributed by atoms with Crippen LogP contribution >= 0.6 is 0 Å². The van der Waals surface area contributed by atoms with Crippen LogP contribution in [0.1, 0.15) is 39.2 Å². The van der Waals surface area contributed by atoms with Crippen molar-refractivity contribution < 1.29 is 31.9 Å². The van der Waals surface area contributed by atoms with Gasteiger partial charge in [0.15, 0.2) is 0 Å². The molecule has 42 heavy (non-hydrogen) atoms. The van der Waals surface area contributed by atoms with Crippen LogP contribution in [0.4, 0.5) is 10.1 Å². The lowest BCUT2D eigenvalue weighted by Gasteiger charge is -2.33. The zero-order chi connectivity index (χ0) is 30.9. The SMILES string of the molecule is CCC(C)NC(=O)C(CC)N(Cc1cccc(OC)c1)C(=O)CN(c1ccc(F)cc1)S(=O)(=O)c1ccc(OC)cc1. The average molecular weight is 600 g/mol. The summed E-state index contributed by atoms with van der Waals surface area (Å²) in [5.41, 5.74) is 0.794. The molecule has 11 heteroatoms. The molecule has 3 aromatic carbocycles. The van der Waals surface area contributed by atoms with E-state index in [1.54, 1.807) is 31.2 Å². The van der Waals surface area contributed by atoms with E-state index in [4.69, 9.17) is 9.47 Å². The maximum Gasteiger partial charge on any atom is 0.264 e. The standard InChI is InChI=1S/C31H38FN3O6S/c1-6-22(3)33-31(37)29(7-2)34(20-23-9-8-10-27(19-23)41-5)30(36)21-35(25-13-11-24(32)12-14-25)42(38,39)28-17-15-26(40-4)16-18-28/h8-19,22,29H,6-7,20-21H2,1-5H3,(H,33,37). The van der Waals surface area contributed by atoms with Crippen LogP contribution in [0.2, 0.25) is 0 Å². The van der Waals surface area contributed by atoms with E-state index in [9.17, 15) is 22.4 Å². The van der Waals surface area contributed by atoms with Gasteiger partial charge in [0.1, 0.15) is 29.9 Å². The summed E-state index contributed by atoms with van der Waals surface area (Å²) in [6.07, 6.45) is 0.990. The molecule has 3 aromatic rings. The van der Waals surface area contributed by atoms with E-state index in [0.29, 0.717) is 29.9 Å². The molecule has 0 heterocycles. The van der Waals surface area contributed by atoms with Gasteiger partial charge < -0.3 is 19.7 Å². The summed E-state index contributed by atoms with van der Waals surface area (Å²) in [5.74, 6) is -0.466. The van der Waals surface area contributed by atoms with Crippen molar-refractivity contribution in [3.8, 4) is 11.5 Å². The quantitative estimate of drug-likeness (QED) is 0.287. The number of nitrogens with zero attached hydrogens (tertiary/aromatic N) is 2. The first-order chi connectivity index (χ1) is 20.0. The highest BCUT2D eigenvalue weighted by molar-refractivity contribution is 7.92. The molecule has 3 rings (SSSR count). The number of amides is 2. The van der Waals surface area contributed by atoms with Crippen LogP contribution < -0.4 is 19.1 Å². The fraction of sp³-hybridized carbons (Fsp3) is 0.355. The number of hydrogen-bond acceptors (Lipinski definition) is 6. The van der Waals surface area contributed by atoms with Crippen molar-refractivity contribution in [2.75, 3.05) is 25.1 Å². The first kappa shape index (κ1) is 32.4. The summed E-state index contributed by atoms with van der Waals surface area (Å²) >= 11 is 0. The Morgan fingerprint density at radius 3 is 2.12 bits per heavy atom. The van der Waals surface area contributed by atoms with Crippen LogP contribution in [0, 0.1) is 5.82 Å². The van der Waals surface area contributed by atoms with Crippen molar-refractivity contribution in [2.24, 2.45) is 0 Å². The largest absolute Gasteiger partial charge is 0.497 e. The lowest BCUT2D eigenvalue weighted by atomic mass is 10.1. The molecule has 0 bridgehead atoms. The number of carbonyl (C=O) groups is 2. The van der Waals surface area contributed by atoms with Crippen LogP contribution in [-0.4, -0.2) is 58.0 Å². The fourth-order valence-corrected chi connectivity index (χ4v) is 5.75. The Labute approximate surface area is 247 Å². The maximum absolute atomic E-state index is 14.1. The van der Waals surface area contributed by atoms with Crippen molar-refractivity contribution in [2.45, 2.75) is 57.1 Å². The average Bonchev–Trinajstić information content (AvgIpc) is 3.00. The van der Waals surface area contributed by atoms with Gasteiger partial charge in [-0.2, -0.15) is 0 Å². The van der Waals surface area contributed by atoms with Gasteiger partial charge in [-0.3, -0.25) is 13.9 Å². The molecular weight excluding hydrogens is 561 g/mol. The first-order valence-electron chi connectivity index (χ1n) is 13.7. The molecule has 226 valence electrons. The minimum absolute atomic E-state index is 0.0301. The predicted octanol–water partition coefficient (Wildman–Crippen LogP) is 4.76. The van der Waals surface area contributed by atoms with Crippen LogP contribution in [-0.2, 0) is 26.2 Å². The molecule has 2 unspecified atom stereocenters. The summed E-state index contributed by atoms with van der Waals surface area (Å²) in [6.45, 7) is 5.00. The molecule has 0 aliphatic carbocycles. The van der Waals surface area contributed by atoms with E-state index in [-0.39, 0.29) is 29.1 Å². The second kappa shape index (κ2) is 14.7. The molecule has 0 saturated heterocycles. The Hall–Kier alpha value is -4.12. The normalized spacial score (nSPS) is 12.6. The van der Waals surface area contributed by atoms with Gasteiger partial charge in [-0.05, 0) is 86.0 Å². The van der Waals surface area contributed by atoms with Crippen LogP contribution in [0.3, 0.4) is 0 Å². The van der Waals surface area contributed by atoms with Gasteiger partial charge in [-0.1, -0.05) is 26.0 Å². The summed E-state index contributed by atoms with van der Waals surface area (Å²) in [6, 6.07) is 16.7. The Morgan fingerprint density at radius 2 is 1.55 bits per heavy atom. The van der Waals surface area contributed by atoms with Crippen molar-refractivity contribution in [3.05, 3.63) is 84.2 Å². The van der Waals surface area contributed by atoms with Gasteiger partial charge in [0, 0.05) is 12.6 Å². The molecule has 0 aliphatic rings. The first-order valence-corrected chi connectivity index (χ1v) is 15.1. The molecule has 0 spiro atoms. The molecule has 2 atom stereocenters. The summed E-state index contributed by atoms with van der Waals surface area (Å²) in [7, 11) is -1.30. The Kier molecular flexibility index (Phi) is 11.3. The molecule has 0 saturated carbocycles. The third kappa shape index (κ3) is 8.00. The highest BCUT2D eigenvalue weighted by Crippen LogP contribution is 2.27. The highest BCUT2D eigenvalue weighted by atomic mass is 32.2. The molecular formula is C31H38FN3O6S. The third-order valence-corrected chi connectivity index (χ3v) is 8.70. The molecule has 1 N–H and O–H groups in total. The summed E-state index contributed by atoms with van der Waals surface area (Å²) in [4.78, 5) is 28.8. The van der Waals surface area contributed by atoms with Crippen molar-refractivity contribution in [3.63, 3.8) is 0 Å². The van der Waals surface area contributed by atoms with Gasteiger partial charge in [-0.25, -0.2) is 12.8 Å². The third-order valence-electron chi connectivity index (χ3n) is 6.91. The Bertz CT molecular complexity index is 1450. The number of halogens is 1. The molecule has 0 aliphatic heterocycles. The number of ether oxygens (including phenoxy) is 2. The van der Waals surface area contributed by atoms with Crippen molar-refractivity contribution in [1.29, 1.82) is 0 Å². The molecule has 9 nitrogen and oxygen atoms in total. The summed E-state index contributed by atoms with van der Waals surface area (Å²) in [5, 5.41) is 2.94. The summed E-state index contributed by atoms with van der Waals surface area (Å²) < 4.78 is 53.0. The number of benzene rings is 3. The smallest absolute Gasteiger partial charge is 0.264 e. The number of rotatable bonds is 14. The van der Waals surface area contributed by atoms with E-state index in [1.165, 1.54) is 55.5 Å². The lowest BCUT2D eigenvalue weighted by molar-refractivity contribution is -0.140. The van der Waals surface area contributed by atoms with Gasteiger partial charge in [0.05, 0.1) is 24.8 Å². The van der Waals surface area contributed by atoms with Crippen LogP contribution in [0.15, 0.2) is 77.7 Å². The van der Waals surface area contributed by atoms with Gasteiger partial charge in [-0.15, -0.1) is 0 Å². The number of anilines is 1. The minimum Gasteiger partial charge on any atom is -0.497 e. The zero-order valence-corrected chi connectivity index (χ0v) is 25.4. The molecule has 2 amide bonds. The van der Waals surface area contributed by atoms with Crippen LogP contribution in [0.5, 0.6) is 11.5 Å². The number of sulfonamides is 1. The van der Waals surface area contributed by atoms with Gasteiger partial charge >= 0.3 is 0 Å². The Morgan fingerprint density at radius 1 is 0.905 bits per heavy atom. The predicted molar refractivity (Wildman–Crippen MR) is 159 cm³/mol. The number of nitrogens with one attached hydrogen (secondary N) is 1. The van der Waals surface area contributed by atoms with Crippen LogP contribution in [0.25, 0.3) is 0 Å². The van der Waals surface area contributed by atoms with Gasteiger partial charge in [0.25, 0.3) is 10.0 Å². The van der Waals surface area contributed by atoms with E-state index in [2.05, 4.69) is 5.32 Å². The van der Waals surface area contributed by atoms with E-state index >= 15 is 0 Å². The Balaban J connectivity index is 2.06. The van der Waals surface area contributed by atoms with E-state index in [0.717, 1.165) is 16.4 Å². The monoisotopic (exact) mass is 599 g/mol. The second-order valence-electron chi connectivity index (χ2n) is 9.78. The number of hydrogen-bond donors (Lipinski definition) is 1. The zero-order valence-electron chi connectivity index (χ0n) is 24.5. The molecule has 0 radical (unpaired) electrons. The number of methoxy groups -OCH3 is 2. The maximum atomic E-state index is 14.1. The molecule has 0 fully saturated rings. The van der Waals surface area contributed by atoms with Crippen molar-refractivity contribution >= 4 is 27.5 Å². The van der Waals surface area contributed by atoms with E-state index in [1.807, 2.05) is 13.8 Å². The topological polar surface area (TPSA) is 105 Å². The van der Waals surface area contributed by atoms with E-state index < -0.39 is 34.3 Å². The minimum atomic E-state index is -4.29. The van der Waals surface area contributed by atoms with Crippen molar-refractivity contribution in [1.82, 2.24) is 10.2 Å². The molecule has 0 aromatic heterocycles. The van der Waals surface area contributed by atoms with Gasteiger partial charge in [0.2, 0.25) is 11.8 Å². The highest BCUT2D eigenvalue weighted by Gasteiger charge is 2.34. The second-order valence-corrected chi connectivity index (χ2v) is 11.6.